The Kier molecular flexibility index (Phi) is 2.32. The summed E-state index contributed by atoms with van der Waals surface area (Å²) in [6, 6.07) is 1.01. The molecule has 1 aliphatic carbocycles. The number of aromatic nitrogens is 1. The van der Waals surface area contributed by atoms with Crippen LogP contribution in [0.3, 0.4) is 0 Å². The number of pyridine rings is 1. The summed E-state index contributed by atoms with van der Waals surface area (Å²) >= 11 is 0. The van der Waals surface area contributed by atoms with Crippen molar-refractivity contribution in [1.29, 1.82) is 0 Å². The first-order chi connectivity index (χ1) is 6.97. The maximum absolute atomic E-state index is 12.4. The molecule has 2 rings (SSSR count). The molecule has 1 saturated carbocycles. The zero-order chi connectivity index (χ0) is 11.1. The Morgan fingerprint density at radius 1 is 1.40 bits per heavy atom. The van der Waals surface area contributed by atoms with Gasteiger partial charge in [-0.05, 0) is 25.8 Å². The van der Waals surface area contributed by atoms with E-state index in [-0.39, 0.29) is 11.9 Å². The molecule has 0 radical (unpaired) electrons. The Morgan fingerprint density at radius 2 is 2.07 bits per heavy atom. The van der Waals surface area contributed by atoms with Crippen LogP contribution in [0.15, 0.2) is 12.3 Å². The van der Waals surface area contributed by atoms with E-state index in [0.717, 1.165) is 25.1 Å². The summed E-state index contributed by atoms with van der Waals surface area (Å²) in [5, 5.41) is 0. The van der Waals surface area contributed by atoms with Gasteiger partial charge >= 0.3 is 6.18 Å². The molecule has 0 spiro atoms. The Bertz CT molecular complexity index is 371. The van der Waals surface area contributed by atoms with Crippen LogP contribution in [0, 0.1) is 6.92 Å². The number of alkyl halides is 3. The van der Waals surface area contributed by atoms with Crippen molar-refractivity contribution in [2.45, 2.75) is 32.0 Å². The number of ether oxygens (including phenoxy) is 1. The number of hydrogen-bond acceptors (Lipinski definition) is 2. The maximum atomic E-state index is 12.4. The maximum Gasteiger partial charge on any atom is 0.418 e. The predicted octanol–water partition coefficient (Wildman–Crippen LogP) is 2.95. The van der Waals surface area contributed by atoms with Gasteiger partial charge in [-0.25, -0.2) is 0 Å². The quantitative estimate of drug-likeness (QED) is 0.759. The Balaban J connectivity index is 2.27. The number of rotatable bonds is 2. The second-order valence-electron chi connectivity index (χ2n) is 3.62. The second kappa shape index (κ2) is 3.40. The average Bonchev–Trinajstić information content (AvgIpc) is 2.90. The first-order valence-electron chi connectivity index (χ1n) is 4.67. The molecule has 82 valence electrons. The van der Waals surface area contributed by atoms with Crippen LogP contribution in [-0.4, -0.2) is 11.1 Å². The number of nitrogens with zero attached hydrogens (tertiary/aromatic N) is 1. The van der Waals surface area contributed by atoms with Crippen molar-refractivity contribution in [3.8, 4) is 5.75 Å². The fourth-order valence-electron chi connectivity index (χ4n) is 1.15. The SMILES string of the molecule is Cc1ncc(C(F)(F)F)cc1OC1CC1. The van der Waals surface area contributed by atoms with Gasteiger partial charge in [-0.3, -0.25) is 4.98 Å². The highest BCUT2D eigenvalue weighted by Gasteiger charge is 2.32. The Morgan fingerprint density at radius 3 is 2.60 bits per heavy atom. The lowest BCUT2D eigenvalue weighted by molar-refractivity contribution is -0.138. The van der Waals surface area contributed by atoms with E-state index in [0.29, 0.717) is 5.69 Å². The minimum absolute atomic E-state index is 0.0778. The van der Waals surface area contributed by atoms with E-state index in [4.69, 9.17) is 4.74 Å². The molecule has 0 bridgehead atoms. The van der Waals surface area contributed by atoms with Crippen molar-refractivity contribution >= 4 is 0 Å². The zero-order valence-electron chi connectivity index (χ0n) is 8.14. The van der Waals surface area contributed by atoms with Gasteiger partial charge in [0, 0.05) is 6.20 Å². The van der Waals surface area contributed by atoms with Crippen LogP contribution >= 0.6 is 0 Å². The van der Waals surface area contributed by atoms with Crippen LogP contribution in [0.5, 0.6) is 5.75 Å². The molecule has 15 heavy (non-hydrogen) atoms. The van der Waals surface area contributed by atoms with Crippen molar-refractivity contribution in [2.24, 2.45) is 0 Å². The highest BCUT2D eigenvalue weighted by Crippen LogP contribution is 2.34. The summed E-state index contributed by atoms with van der Waals surface area (Å²) in [6.07, 6.45) is -1.63. The van der Waals surface area contributed by atoms with E-state index in [1.54, 1.807) is 6.92 Å². The molecular weight excluding hydrogens is 207 g/mol. The molecule has 0 atom stereocenters. The van der Waals surface area contributed by atoms with E-state index >= 15 is 0 Å². The lowest BCUT2D eigenvalue weighted by Crippen LogP contribution is -2.08. The molecule has 1 fully saturated rings. The highest BCUT2D eigenvalue weighted by molar-refractivity contribution is 5.32. The van der Waals surface area contributed by atoms with E-state index in [1.165, 1.54) is 0 Å². The lowest BCUT2D eigenvalue weighted by atomic mass is 10.2. The van der Waals surface area contributed by atoms with Gasteiger partial charge in [-0.15, -0.1) is 0 Å². The van der Waals surface area contributed by atoms with Gasteiger partial charge in [0.25, 0.3) is 0 Å². The lowest BCUT2D eigenvalue weighted by Gasteiger charge is -2.11. The summed E-state index contributed by atoms with van der Waals surface area (Å²) in [4.78, 5) is 3.68. The minimum Gasteiger partial charge on any atom is -0.489 e. The van der Waals surface area contributed by atoms with Crippen LogP contribution in [-0.2, 0) is 6.18 Å². The fraction of sp³-hybridized carbons (Fsp3) is 0.500. The topological polar surface area (TPSA) is 22.1 Å². The first-order valence-corrected chi connectivity index (χ1v) is 4.67. The molecule has 0 unspecified atom stereocenters. The predicted molar refractivity (Wildman–Crippen MR) is 47.6 cm³/mol. The van der Waals surface area contributed by atoms with Crippen molar-refractivity contribution in [1.82, 2.24) is 4.98 Å². The molecule has 0 saturated heterocycles. The molecule has 1 aromatic rings. The van der Waals surface area contributed by atoms with Crippen LogP contribution < -0.4 is 4.74 Å². The van der Waals surface area contributed by atoms with Gasteiger partial charge in [0.1, 0.15) is 5.75 Å². The van der Waals surface area contributed by atoms with Crippen LogP contribution in [0.2, 0.25) is 0 Å². The van der Waals surface area contributed by atoms with Gasteiger partial charge in [0.15, 0.2) is 0 Å². The third-order valence-corrected chi connectivity index (χ3v) is 2.19. The van der Waals surface area contributed by atoms with Gasteiger partial charge in [0.2, 0.25) is 0 Å². The fourth-order valence-corrected chi connectivity index (χ4v) is 1.15. The van der Waals surface area contributed by atoms with Crippen molar-refractivity contribution < 1.29 is 17.9 Å². The van der Waals surface area contributed by atoms with Gasteiger partial charge in [-0.2, -0.15) is 13.2 Å². The van der Waals surface area contributed by atoms with E-state index < -0.39 is 11.7 Å². The van der Waals surface area contributed by atoms with Crippen molar-refractivity contribution in [3.63, 3.8) is 0 Å². The normalized spacial score (nSPS) is 16.5. The van der Waals surface area contributed by atoms with Crippen LogP contribution in [0.25, 0.3) is 0 Å². The third-order valence-electron chi connectivity index (χ3n) is 2.19. The van der Waals surface area contributed by atoms with E-state index in [1.807, 2.05) is 0 Å². The summed E-state index contributed by atoms with van der Waals surface area (Å²) in [7, 11) is 0. The largest absolute Gasteiger partial charge is 0.489 e. The molecule has 0 N–H and O–H groups in total. The molecule has 0 amide bonds. The molecule has 1 aromatic heterocycles. The molecule has 2 nitrogen and oxygen atoms in total. The van der Waals surface area contributed by atoms with E-state index in [9.17, 15) is 13.2 Å². The molecule has 5 heteroatoms. The smallest absolute Gasteiger partial charge is 0.418 e. The molecule has 1 heterocycles. The third kappa shape index (κ3) is 2.40. The molecule has 1 aliphatic rings. The molecule has 0 aliphatic heterocycles. The summed E-state index contributed by atoms with van der Waals surface area (Å²) in [5.41, 5.74) is -0.265. The van der Waals surface area contributed by atoms with Gasteiger partial charge < -0.3 is 4.74 Å². The van der Waals surface area contributed by atoms with E-state index in [2.05, 4.69) is 4.98 Å². The standard InChI is InChI=1S/C10H10F3NO/c1-6-9(15-8-2-3-8)4-7(5-14-6)10(11,12)13/h4-5,8H,2-3H2,1H3. The van der Waals surface area contributed by atoms with Crippen molar-refractivity contribution in [2.75, 3.05) is 0 Å². The second-order valence-corrected chi connectivity index (χ2v) is 3.62. The number of halogens is 3. The average molecular weight is 217 g/mol. The number of aryl methyl sites for hydroxylation is 1. The minimum atomic E-state index is -4.36. The monoisotopic (exact) mass is 217 g/mol. The Labute approximate surface area is 85.1 Å². The van der Waals surface area contributed by atoms with Crippen LogP contribution in [0.4, 0.5) is 13.2 Å². The summed E-state index contributed by atoms with van der Waals surface area (Å²) < 4.78 is 42.4. The Hall–Kier alpha value is -1.26. The van der Waals surface area contributed by atoms with Crippen LogP contribution in [0.1, 0.15) is 24.1 Å². The number of hydrogen-bond donors (Lipinski definition) is 0. The van der Waals surface area contributed by atoms with Crippen molar-refractivity contribution in [3.05, 3.63) is 23.5 Å². The summed E-state index contributed by atoms with van der Waals surface area (Å²) in [5.74, 6) is 0.243. The van der Waals surface area contributed by atoms with Gasteiger partial charge in [0.05, 0.1) is 17.4 Å². The van der Waals surface area contributed by atoms with Gasteiger partial charge in [-0.1, -0.05) is 0 Å². The molecular formula is C10H10F3NO. The zero-order valence-corrected chi connectivity index (χ0v) is 8.14. The summed E-state index contributed by atoms with van der Waals surface area (Å²) in [6.45, 7) is 1.64. The molecule has 0 aromatic carbocycles. The first kappa shape index (κ1) is 10.3. The highest BCUT2D eigenvalue weighted by atomic mass is 19.4.